The first-order valence-electron chi connectivity index (χ1n) is 9.59. The highest BCUT2D eigenvalue weighted by atomic mass is 16.5. The van der Waals surface area contributed by atoms with Gasteiger partial charge in [0, 0.05) is 29.2 Å². The van der Waals surface area contributed by atoms with Crippen LogP contribution in [0.2, 0.25) is 0 Å². The summed E-state index contributed by atoms with van der Waals surface area (Å²) in [4.78, 5) is 12.3. The summed E-state index contributed by atoms with van der Waals surface area (Å²) in [7, 11) is 0. The van der Waals surface area contributed by atoms with Crippen molar-refractivity contribution in [2.45, 2.75) is 33.1 Å². The van der Waals surface area contributed by atoms with Gasteiger partial charge in [0.25, 0.3) is 5.69 Å². The van der Waals surface area contributed by atoms with Crippen molar-refractivity contribution < 1.29 is 19.5 Å². The van der Waals surface area contributed by atoms with E-state index in [1.54, 1.807) is 6.20 Å². The predicted octanol–water partition coefficient (Wildman–Crippen LogP) is 4.33. The number of ketones is 1. The van der Waals surface area contributed by atoms with Crippen molar-refractivity contribution in [1.29, 1.82) is 0 Å². The maximum absolute atomic E-state index is 12.3. The zero-order valence-corrected chi connectivity index (χ0v) is 16.4. The number of nitrogens with zero attached hydrogens (tertiary/aromatic N) is 1. The third-order valence-electron chi connectivity index (χ3n) is 4.63. The monoisotopic (exact) mass is 376 g/mol. The first-order chi connectivity index (χ1) is 13.5. The lowest BCUT2D eigenvalue weighted by atomic mass is 10.0. The van der Waals surface area contributed by atoms with E-state index in [4.69, 9.17) is 4.74 Å². The molecule has 0 saturated heterocycles. The van der Waals surface area contributed by atoms with Crippen molar-refractivity contribution in [2.75, 3.05) is 6.61 Å². The molecule has 4 heteroatoms. The Morgan fingerprint density at radius 1 is 1.04 bits per heavy atom. The van der Waals surface area contributed by atoms with Crippen molar-refractivity contribution in [3.63, 3.8) is 0 Å². The van der Waals surface area contributed by atoms with Crippen LogP contribution in [0, 0.1) is 6.92 Å². The predicted molar refractivity (Wildman–Crippen MR) is 109 cm³/mol. The maximum atomic E-state index is 12.3. The van der Waals surface area contributed by atoms with Crippen LogP contribution in [0.1, 0.15) is 30.0 Å². The highest BCUT2D eigenvalue weighted by Gasteiger charge is 2.15. The number of ether oxygens (including phenoxy) is 1. The van der Waals surface area contributed by atoms with E-state index < -0.39 is 0 Å². The molecule has 0 amide bonds. The molecule has 0 aliphatic heterocycles. The summed E-state index contributed by atoms with van der Waals surface area (Å²) in [6, 6.07) is 19.5. The summed E-state index contributed by atoms with van der Waals surface area (Å²) in [5, 5.41) is 10.3. The van der Waals surface area contributed by atoms with E-state index in [0.717, 1.165) is 28.0 Å². The van der Waals surface area contributed by atoms with Crippen LogP contribution < -0.4 is 9.47 Å². The minimum atomic E-state index is 0.162. The fraction of sp³-hybridized carbons (Fsp3) is 0.250. The molecule has 144 valence electrons. The van der Waals surface area contributed by atoms with Crippen LogP contribution in [0.25, 0.3) is 11.3 Å². The van der Waals surface area contributed by atoms with E-state index in [0.29, 0.717) is 25.1 Å². The Balaban J connectivity index is 1.62. The Hall–Kier alpha value is -3.14. The van der Waals surface area contributed by atoms with Gasteiger partial charge in [-0.15, -0.1) is 0 Å². The topological polar surface area (TPSA) is 50.4 Å². The number of carbonyl (C=O) groups is 1. The van der Waals surface area contributed by atoms with Gasteiger partial charge in [-0.25, -0.2) is 0 Å². The number of aryl methyl sites for hydroxylation is 2. The summed E-state index contributed by atoms with van der Waals surface area (Å²) >= 11 is 0. The zero-order valence-electron chi connectivity index (χ0n) is 16.4. The number of hydrogen-bond acceptors (Lipinski definition) is 3. The lowest BCUT2D eigenvalue weighted by Crippen LogP contribution is -2.33. The van der Waals surface area contributed by atoms with Gasteiger partial charge in [-0.1, -0.05) is 29.8 Å². The third-order valence-corrected chi connectivity index (χ3v) is 4.63. The van der Waals surface area contributed by atoms with Gasteiger partial charge in [-0.2, -0.15) is 0 Å². The fourth-order valence-electron chi connectivity index (χ4n) is 3.22. The molecule has 1 heterocycles. The molecule has 1 N–H and O–H groups in total. The standard InChI is InChI=1S/C24H26NO3/c1-3-28-23-12-9-21(10-13-23)24-14-8-20(17-25(24)27)16-22(26)11-7-19-6-4-5-18(2)15-19/h4-6,8-10,12-15,17,27H,3,7,11,16H2,1-2H3/q+1. The Labute approximate surface area is 166 Å². The van der Waals surface area contributed by atoms with Crippen LogP contribution in [-0.2, 0) is 17.6 Å². The molecule has 0 aliphatic rings. The molecule has 3 aromatic rings. The molecule has 3 rings (SSSR count). The zero-order chi connectivity index (χ0) is 19.9. The molecule has 0 fully saturated rings. The largest absolute Gasteiger partial charge is 0.494 e. The lowest BCUT2D eigenvalue weighted by molar-refractivity contribution is -0.896. The van der Waals surface area contributed by atoms with Crippen LogP contribution >= 0.6 is 0 Å². The highest BCUT2D eigenvalue weighted by molar-refractivity contribution is 5.81. The van der Waals surface area contributed by atoms with Crippen LogP contribution in [0.5, 0.6) is 5.75 Å². The fourth-order valence-corrected chi connectivity index (χ4v) is 3.22. The minimum Gasteiger partial charge on any atom is -0.494 e. The number of rotatable bonds is 8. The molecule has 0 spiro atoms. The second-order valence-corrected chi connectivity index (χ2v) is 6.93. The SMILES string of the molecule is CCOc1ccc(-c2ccc(CC(=O)CCc3cccc(C)c3)c[n+]2O)cc1. The van der Waals surface area contributed by atoms with E-state index in [1.807, 2.05) is 55.5 Å². The average molecular weight is 376 g/mol. The van der Waals surface area contributed by atoms with Crippen molar-refractivity contribution in [3.05, 3.63) is 83.6 Å². The smallest absolute Gasteiger partial charge is 0.264 e. The second-order valence-electron chi connectivity index (χ2n) is 6.93. The Bertz CT molecular complexity index is 948. The van der Waals surface area contributed by atoms with Crippen molar-refractivity contribution in [2.24, 2.45) is 0 Å². The van der Waals surface area contributed by atoms with Gasteiger partial charge in [0.15, 0.2) is 0 Å². The van der Waals surface area contributed by atoms with E-state index in [-0.39, 0.29) is 5.78 Å². The van der Waals surface area contributed by atoms with E-state index in [1.165, 1.54) is 11.1 Å². The summed E-state index contributed by atoms with van der Waals surface area (Å²) in [6.07, 6.45) is 3.16. The number of aromatic nitrogens is 1. The third kappa shape index (κ3) is 5.19. The molecule has 28 heavy (non-hydrogen) atoms. The highest BCUT2D eigenvalue weighted by Crippen LogP contribution is 2.20. The van der Waals surface area contributed by atoms with Crippen molar-refractivity contribution in [3.8, 4) is 17.0 Å². The number of hydrogen-bond donors (Lipinski definition) is 1. The van der Waals surface area contributed by atoms with Crippen LogP contribution in [0.3, 0.4) is 0 Å². The molecular formula is C24H26NO3+. The van der Waals surface area contributed by atoms with Gasteiger partial charge in [-0.3, -0.25) is 10.0 Å². The molecule has 2 aromatic carbocycles. The number of benzene rings is 2. The van der Waals surface area contributed by atoms with E-state index >= 15 is 0 Å². The lowest BCUT2D eigenvalue weighted by Gasteiger charge is -2.05. The molecule has 0 saturated carbocycles. The Kier molecular flexibility index (Phi) is 6.43. The summed E-state index contributed by atoms with van der Waals surface area (Å²) < 4.78 is 6.53. The minimum absolute atomic E-state index is 0.162. The molecular weight excluding hydrogens is 350 g/mol. The van der Waals surface area contributed by atoms with Crippen LogP contribution in [0.15, 0.2) is 66.9 Å². The van der Waals surface area contributed by atoms with Gasteiger partial charge in [0.1, 0.15) is 11.5 Å². The molecule has 0 aliphatic carbocycles. The molecule has 0 atom stereocenters. The van der Waals surface area contributed by atoms with Gasteiger partial charge in [0.05, 0.1) is 12.2 Å². The van der Waals surface area contributed by atoms with E-state index in [2.05, 4.69) is 19.1 Å². The van der Waals surface area contributed by atoms with Gasteiger partial charge in [-0.05, 0) is 56.2 Å². The number of Topliss-reactive ketones (excluding diaryl/α,β-unsaturated/α-hetero) is 1. The van der Waals surface area contributed by atoms with Crippen LogP contribution in [-0.4, -0.2) is 17.6 Å². The normalized spacial score (nSPS) is 10.6. The number of carbonyl (C=O) groups excluding carboxylic acids is 1. The first-order valence-corrected chi connectivity index (χ1v) is 9.59. The molecule has 1 aromatic heterocycles. The van der Waals surface area contributed by atoms with E-state index in [9.17, 15) is 10.0 Å². The second kappa shape index (κ2) is 9.18. The molecule has 0 unspecified atom stereocenters. The summed E-state index contributed by atoms with van der Waals surface area (Å²) in [5.74, 6) is 0.960. The van der Waals surface area contributed by atoms with Gasteiger partial charge in [0.2, 0.25) is 6.20 Å². The van der Waals surface area contributed by atoms with Gasteiger partial charge >= 0.3 is 0 Å². The molecule has 4 nitrogen and oxygen atoms in total. The first kappa shape index (κ1) is 19.6. The van der Waals surface area contributed by atoms with Crippen LogP contribution in [0.4, 0.5) is 0 Å². The van der Waals surface area contributed by atoms with Crippen molar-refractivity contribution in [1.82, 2.24) is 0 Å². The maximum Gasteiger partial charge on any atom is 0.264 e. The Morgan fingerprint density at radius 3 is 2.50 bits per heavy atom. The summed E-state index contributed by atoms with van der Waals surface area (Å²) in [6.45, 7) is 4.61. The number of pyridine rings is 1. The Morgan fingerprint density at radius 2 is 1.82 bits per heavy atom. The molecule has 0 radical (unpaired) electrons. The quantitative estimate of drug-likeness (QED) is 0.470. The van der Waals surface area contributed by atoms with Crippen molar-refractivity contribution >= 4 is 5.78 Å². The summed E-state index contributed by atoms with van der Waals surface area (Å²) in [5.41, 5.74) is 4.72. The molecule has 0 bridgehead atoms. The van der Waals surface area contributed by atoms with Gasteiger partial charge < -0.3 is 4.74 Å². The average Bonchev–Trinajstić information content (AvgIpc) is 2.68.